The summed E-state index contributed by atoms with van der Waals surface area (Å²) >= 11 is 6.55. The number of nitrogens with one attached hydrogen (secondary N) is 1. The molecule has 0 bridgehead atoms. The first-order valence-electron chi connectivity index (χ1n) is 5.85. The van der Waals surface area contributed by atoms with Gasteiger partial charge in [-0.2, -0.15) is 0 Å². The first kappa shape index (κ1) is 15.5. The Morgan fingerprint density at radius 1 is 1.00 bits per heavy atom. The molecule has 106 valence electrons. The third kappa shape index (κ3) is 3.42. The number of sulfonamides is 1. The Morgan fingerprint density at radius 3 is 2.35 bits per heavy atom. The van der Waals surface area contributed by atoms with Gasteiger partial charge in [-0.05, 0) is 59.6 Å². The standard InChI is InChI=1S/C14H13Br2NO2S/c1-9-3-6-13(10(2)7-9)17-20(18,19)14-8-11(15)4-5-12(14)16/h3-8,17H,1-2H3. The number of halogens is 2. The molecule has 6 heteroatoms. The van der Waals surface area contributed by atoms with Gasteiger partial charge in [0.1, 0.15) is 4.90 Å². The lowest BCUT2D eigenvalue weighted by Gasteiger charge is -2.12. The van der Waals surface area contributed by atoms with Gasteiger partial charge in [-0.3, -0.25) is 4.72 Å². The Hall–Kier alpha value is -0.850. The summed E-state index contributed by atoms with van der Waals surface area (Å²) in [5.41, 5.74) is 2.57. The van der Waals surface area contributed by atoms with Crippen LogP contribution in [0.2, 0.25) is 0 Å². The highest BCUT2D eigenvalue weighted by molar-refractivity contribution is 9.11. The number of hydrogen-bond donors (Lipinski definition) is 1. The van der Waals surface area contributed by atoms with Gasteiger partial charge in [0, 0.05) is 8.95 Å². The van der Waals surface area contributed by atoms with E-state index >= 15 is 0 Å². The highest BCUT2D eigenvalue weighted by Crippen LogP contribution is 2.28. The maximum Gasteiger partial charge on any atom is 0.263 e. The number of aryl methyl sites for hydroxylation is 2. The second kappa shape index (κ2) is 5.87. The molecule has 0 atom stereocenters. The molecular weight excluding hydrogens is 406 g/mol. The first-order valence-corrected chi connectivity index (χ1v) is 8.91. The monoisotopic (exact) mass is 417 g/mol. The van der Waals surface area contributed by atoms with Gasteiger partial charge < -0.3 is 0 Å². The number of anilines is 1. The minimum Gasteiger partial charge on any atom is -0.279 e. The minimum atomic E-state index is -3.63. The minimum absolute atomic E-state index is 0.201. The Labute approximate surface area is 135 Å². The SMILES string of the molecule is Cc1ccc(NS(=O)(=O)c2cc(Br)ccc2Br)c(C)c1. The van der Waals surface area contributed by atoms with Crippen molar-refractivity contribution in [2.24, 2.45) is 0 Å². The molecule has 2 aromatic rings. The zero-order valence-corrected chi connectivity index (χ0v) is 14.9. The normalized spacial score (nSPS) is 11.4. The van der Waals surface area contributed by atoms with E-state index in [4.69, 9.17) is 0 Å². The summed E-state index contributed by atoms with van der Waals surface area (Å²) in [6.07, 6.45) is 0. The molecule has 0 saturated carbocycles. The first-order chi connectivity index (χ1) is 9.29. The summed E-state index contributed by atoms with van der Waals surface area (Å²) in [5.74, 6) is 0. The summed E-state index contributed by atoms with van der Waals surface area (Å²) in [5, 5.41) is 0. The maximum atomic E-state index is 12.4. The number of benzene rings is 2. The van der Waals surface area contributed by atoms with E-state index in [1.807, 2.05) is 26.0 Å². The molecule has 0 spiro atoms. The van der Waals surface area contributed by atoms with Gasteiger partial charge in [-0.15, -0.1) is 0 Å². The van der Waals surface area contributed by atoms with E-state index in [0.717, 1.165) is 11.1 Å². The Morgan fingerprint density at radius 2 is 1.70 bits per heavy atom. The van der Waals surface area contributed by atoms with Gasteiger partial charge >= 0.3 is 0 Å². The highest BCUT2D eigenvalue weighted by atomic mass is 79.9. The van der Waals surface area contributed by atoms with E-state index in [1.165, 1.54) is 0 Å². The van der Waals surface area contributed by atoms with Crippen molar-refractivity contribution in [2.45, 2.75) is 18.7 Å². The predicted molar refractivity (Wildman–Crippen MR) is 88.6 cm³/mol. The molecule has 0 aliphatic heterocycles. The van der Waals surface area contributed by atoms with E-state index in [1.54, 1.807) is 24.3 Å². The molecule has 0 saturated heterocycles. The van der Waals surface area contributed by atoms with Gasteiger partial charge in [-0.1, -0.05) is 33.6 Å². The smallest absolute Gasteiger partial charge is 0.263 e. The van der Waals surface area contributed by atoms with Crippen molar-refractivity contribution < 1.29 is 8.42 Å². The van der Waals surface area contributed by atoms with Crippen LogP contribution in [0.4, 0.5) is 5.69 Å². The van der Waals surface area contributed by atoms with Crippen LogP contribution in [0.3, 0.4) is 0 Å². The lowest BCUT2D eigenvalue weighted by molar-refractivity contribution is 0.600. The average Bonchev–Trinajstić information content (AvgIpc) is 2.35. The highest BCUT2D eigenvalue weighted by Gasteiger charge is 2.18. The molecule has 1 N–H and O–H groups in total. The van der Waals surface area contributed by atoms with Crippen LogP contribution in [0.5, 0.6) is 0 Å². The fourth-order valence-electron chi connectivity index (χ4n) is 1.81. The van der Waals surface area contributed by atoms with Gasteiger partial charge in [0.2, 0.25) is 0 Å². The molecule has 2 rings (SSSR count). The van der Waals surface area contributed by atoms with E-state index in [2.05, 4.69) is 36.6 Å². The fraction of sp³-hybridized carbons (Fsp3) is 0.143. The van der Waals surface area contributed by atoms with Crippen molar-refractivity contribution in [3.05, 3.63) is 56.5 Å². The largest absolute Gasteiger partial charge is 0.279 e. The third-order valence-corrected chi connectivity index (χ3v) is 5.66. The maximum absolute atomic E-state index is 12.4. The quantitative estimate of drug-likeness (QED) is 0.789. The van der Waals surface area contributed by atoms with Crippen molar-refractivity contribution in [2.75, 3.05) is 4.72 Å². The van der Waals surface area contributed by atoms with Gasteiger partial charge in [0.25, 0.3) is 10.0 Å². The third-order valence-electron chi connectivity index (χ3n) is 2.81. The molecule has 20 heavy (non-hydrogen) atoms. The lowest BCUT2D eigenvalue weighted by Crippen LogP contribution is -2.14. The number of hydrogen-bond acceptors (Lipinski definition) is 2. The van der Waals surface area contributed by atoms with Crippen LogP contribution < -0.4 is 4.72 Å². The molecule has 0 amide bonds. The molecule has 0 fully saturated rings. The Kier molecular flexibility index (Phi) is 4.56. The van der Waals surface area contributed by atoms with Crippen LogP contribution in [0.25, 0.3) is 0 Å². The van der Waals surface area contributed by atoms with Crippen molar-refractivity contribution in [3.63, 3.8) is 0 Å². The van der Waals surface area contributed by atoms with Crippen LogP contribution in [0.15, 0.2) is 50.2 Å². The molecule has 0 heterocycles. The van der Waals surface area contributed by atoms with Crippen LogP contribution in [0.1, 0.15) is 11.1 Å². The Balaban J connectivity index is 2.43. The second-order valence-corrected chi connectivity index (χ2v) is 7.92. The topological polar surface area (TPSA) is 46.2 Å². The summed E-state index contributed by atoms with van der Waals surface area (Å²) in [6.45, 7) is 3.84. The Bertz CT molecular complexity index is 758. The van der Waals surface area contributed by atoms with E-state index in [9.17, 15) is 8.42 Å². The lowest BCUT2D eigenvalue weighted by atomic mass is 10.1. The van der Waals surface area contributed by atoms with Gasteiger partial charge in [-0.25, -0.2) is 8.42 Å². The average molecular weight is 419 g/mol. The molecule has 2 aromatic carbocycles. The second-order valence-electron chi connectivity index (χ2n) is 4.50. The molecule has 0 aromatic heterocycles. The van der Waals surface area contributed by atoms with Crippen LogP contribution in [-0.2, 0) is 10.0 Å². The molecule has 0 unspecified atom stereocenters. The molecular formula is C14H13Br2NO2S. The van der Waals surface area contributed by atoms with E-state index in [0.29, 0.717) is 14.6 Å². The molecule has 3 nitrogen and oxygen atoms in total. The van der Waals surface area contributed by atoms with Crippen molar-refractivity contribution >= 4 is 47.6 Å². The molecule has 0 radical (unpaired) electrons. The van der Waals surface area contributed by atoms with Crippen LogP contribution in [-0.4, -0.2) is 8.42 Å². The van der Waals surface area contributed by atoms with Crippen LogP contribution in [0, 0.1) is 13.8 Å². The summed E-state index contributed by atoms with van der Waals surface area (Å²) in [4.78, 5) is 0.201. The van der Waals surface area contributed by atoms with Crippen LogP contribution >= 0.6 is 31.9 Å². The van der Waals surface area contributed by atoms with Crippen molar-refractivity contribution in [3.8, 4) is 0 Å². The van der Waals surface area contributed by atoms with Gasteiger partial charge in [0.05, 0.1) is 5.69 Å². The molecule has 0 aliphatic carbocycles. The summed E-state index contributed by atoms with van der Waals surface area (Å²) < 4.78 is 28.8. The van der Waals surface area contributed by atoms with E-state index < -0.39 is 10.0 Å². The zero-order valence-electron chi connectivity index (χ0n) is 10.9. The summed E-state index contributed by atoms with van der Waals surface area (Å²) in [6, 6.07) is 10.6. The zero-order chi connectivity index (χ0) is 14.9. The predicted octanol–water partition coefficient (Wildman–Crippen LogP) is 4.63. The van der Waals surface area contributed by atoms with Gasteiger partial charge in [0.15, 0.2) is 0 Å². The fourth-order valence-corrected chi connectivity index (χ4v) is 4.44. The van der Waals surface area contributed by atoms with Crippen molar-refractivity contribution in [1.82, 2.24) is 0 Å². The summed E-state index contributed by atoms with van der Waals surface area (Å²) in [7, 11) is -3.63. The van der Waals surface area contributed by atoms with Crippen molar-refractivity contribution in [1.29, 1.82) is 0 Å². The number of rotatable bonds is 3. The van der Waals surface area contributed by atoms with E-state index in [-0.39, 0.29) is 4.90 Å². The molecule has 0 aliphatic rings.